The number of rotatable bonds is 2. The third kappa shape index (κ3) is 2.86. The Morgan fingerprint density at radius 2 is 2.29 bits per heavy atom. The van der Waals surface area contributed by atoms with Gasteiger partial charge in [-0.15, -0.1) is 0 Å². The molecule has 0 atom stereocenters. The van der Waals surface area contributed by atoms with Gasteiger partial charge < -0.3 is 0 Å². The Morgan fingerprint density at radius 1 is 1.57 bits per heavy atom. The second kappa shape index (κ2) is 4.78. The lowest BCUT2D eigenvalue weighted by Crippen LogP contribution is -1.87. The topological polar surface area (TPSA) is 36.7 Å². The van der Waals surface area contributed by atoms with Gasteiger partial charge in [0.15, 0.2) is 0 Å². The van der Waals surface area contributed by atoms with Crippen LogP contribution >= 0.6 is 11.6 Å². The maximum absolute atomic E-state index is 8.92. The van der Waals surface area contributed by atoms with Gasteiger partial charge in [-0.3, -0.25) is 0 Å². The Hall–Kier alpha value is -1.33. The molecule has 1 heterocycles. The largest absolute Gasteiger partial charge is 0.244 e. The number of nitriles is 1. The summed E-state index contributed by atoms with van der Waals surface area (Å²) < 4.78 is 0. The highest BCUT2D eigenvalue weighted by atomic mass is 35.5. The van der Waals surface area contributed by atoms with Crippen molar-refractivity contribution in [2.24, 2.45) is 5.92 Å². The highest BCUT2D eigenvalue weighted by Gasteiger charge is 2.01. The molecule has 0 aromatic carbocycles. The van der Waals surface area contributed by atoms with E-state index in [1.807, 2.05) is 19.9 Å². The molecular weight excluding hydrogens is 196 g/mol. The zero-order chi connectivity index (χ0) is 10.6. The average Bonchev–Trinajstić information content (AvgIpc) is 2.15. The first-order valence-electron chi connectivity index (χ1n) is 4.37. The zero-order valence-corrected chi connectivity index (χ0v) is 8.92. The monoisotopic (exact) mass is 206 g/mol. The second-order valence-electron chi connectivity index (χ2n) is 3.31. The molecule has 0 radical (unpaired) electrons. The van der Waals surface area contributed by atoms with Crippen molar-refractivity contribution in [1.82, 2.24) is 4.98 Å². The number of allylic oxidation sites excluding steroid dienone is 2. The fraction of sp³-hybridized carbons (Fsp3) is 0.273. The molecule has 0 N–H and O–H groups in total. The lowest BCUT2D eigenvalue weighted by Gasteiger charge is -2.00. The van der Waals surface area contributed by atoms with Crippen LogP contribution in [0, 0.1) is 17.2 Å². The van der Waals surface area contributed by atoms with Crippen LogP contribution in [0.15, 0.2) is 24.4 Å². The lowest BCUT2D eigenvalue weighted by molar-refractivity contribution is 0.834. The van der Waals surface area contributed by atoms with Gasteiger partial charge in [0.2, 0.25) is 0 Å². The summed E-state index contributed by atoms with van der Waals surface area (Å²) in [6.45, 7) is 4.06. The molecular formula is C11H11ClN2. The van der Waals surface area contributed by atoms with Gasteiger partial charge in [0.1, 0.15) is 5.15 Å². The van der Waals surface area contributed by atoms with Crippen LogP contribution in [0.5, 0.6) is 0 Å². The van der Waals surface area contributed by atoms with Crippen LogP contribution in [0.4, 0.5) is 0 Å². The molecule has 0 aliphatic carbocycles. The minimum absolute atomic E-state index is 0.348. The number of hydrogen-bond acceptors (Lipinski definition) is 2. The van der Waals surface area contributed by atoms with Crippen molar-refractivity contribution >= 4 is 17.2 Å². The molecule has 3 heteroatoms. The Balaban J connectivity index is 3.03. The number of aromatic nitrogens is 1. The van der Waals surface area contributed by atoms with Gasteiger partial charge in [-0.1, -0.05) is 31.5 Å². The maximum Gasteiger partial charge on any atom is 0.129 e. The van der Waals surface area contributed by atoms with E-state index in [-0.39, 0.29) is 0 Å². The molecule has 0 unspecified atom stereocenters. The average molecular weight is 207 g/mol. The smallest absolute Gasteiger partial charge is 0.129 e. The highest BCUT2D eigenvalue weighted by molar-refractivity contribution is 6.29. The van der Waals surface area contributed by atoms with Crippen molar-refractivity contribution in [3.63, 3.8) is 0 Å². The van der Waals surface area contributed by atoms with E-state index in [0.717, 1.165) is 5.56 Å². The van der Waals surface area contributed by atoms with E-state index in [0.29, 0.717) is 16.6 Å². The summed E-state index contributed by atoms with van der Waals surface area (Å²) in [4.78, 5) is 3.93. The van der Waals surface area contributed by atoms with E-state index >= 15 is 0 Å². The summed E-state index contributed by atoms with van der Waals surface area (Å²) in [5.41, 5.74) is 1.45. The summed E-state index contributed by atoms with van der Waals surface area (Å²) in [5, 5.41) is 9.36. The molecule has 0 amide bonds. The second-order valence-corrected chi connectivity index (χ2v) is 3.69. The Kier molecular flexibility index (Phi) is 3.67. The molecule has 1 aromatic rings. The number of halogens is 1. The number of nitrogens with zero attached hydrogens (tertiary/aromatic N) is 2. The normalized spacial score (nSPS) is 11.5. The van der Waals surface area contributed by atoms with Crippen LogP contribution in [-0.2, 0) is 0 Å². The summed E-state index contributed by atoms with van der Waals surface area (Å²) in [7, 11) is 0. The van der Waals surface area contributed by atoms with Crippen molar-refractivity contribution < 1.29 is 0 Å². The van der Waals surface area contributed by atoms with E-state index in [1.165, 1.54) is 0 Å². The predicted octanol–water partition coefficient (Wildman–Crippen LogP) is 3.30. The zero-order valence-electron chi connectivity index (χ0n) is 8.16. The first-order chi connectivity index (χ1) is 6.63. The molecule has 0 bridgehead atoms. The summed E-state index contributed by atoms with van der Waals surface area (Å²) in [6.07, 6.45) is 3.52. The van der Waals surface area contributed by atoms with Crippen molar-refractivity contribution in [3.05, 3.63) is 35.1 Å². The minimum atomic E-state index is 0.348. The van der Waals surface area contributed by atoms with Crippen molar-refractivity contribution in [2.45, 2.75) is 13.8 Å². The van der Waals surface area contributed by atoms with Gasteiger partial charge in [0, 0.05) is 11.8 Å². The van der Waals surface area contributed by atoms with E-state index in [2.05, 4.69) is 11.1 Å². The number of hydrogen-bond donors (Lipinski definition) is 0. The summed E-state index contributed by atoms with van der Waals surface area (Å²) in [5.74, 6) is 0.348. The molecule has 2 nitrogen and oxygen atoms in total. The molecule has 0 fully saturated rings. The summed E-state index contributed by atoms with van der Waals surface area (Å²) in [6, 6.07) is 5.63. The number of pyridine rings is 1. The van der Waals surface area contributed by atoms with E-state index in [4.69, 9.17) is 16.9 Å². The quantitative estimate of drug-likeness (QED) is 0.550. The SMILES string of the molecule is CC(C)/C=C(/C#N)c1ccc(Cl)nc1. The molecule has 1 aromatic heterocycles. The Bertz CT molecular complexity index is 371. The van der Waals surface area contributed by atoms with E-state index in [1.54, 1.807) is 18.3 Å². The van der Waals surface area contributed by atoms with Crippen molar-refractivity contribution in [1.29, 1.82) is 5.26 Å². The van der Waals surface area contributed by atoms with Gasteiger partial charge in [-0.25, -0.2) is 4.98 Å². The lowest BCUT2D eigenvalue weighted by atomic mass is 10.0. The fourth-order valence-electron chi connectivity index (χ4n) is 1.07. The van der Waals surface area contributed by atoms with Gasteiger partial charge >= 0.3 is 0 Å². The standard InChI is InChI=1S/C11H11ClN2/c1-8(2)5-10(6-13)9-3-4-11(12)14-7-9/h3-5,7-8H,1-2H3/b10-5-. The van der Waals surface area contributed by atoms with E-state index < -0.39 is 0 Å². The molecule has 0 saturated carbocycles. The van der Waals surface area contributed by atoms with Crippen LogP contribution in [0.2, 0.25) is 5.15 Å². The molecule has 14 heavy (non-hydrogen) atoms. The van der Waals surface area contributed by atoms with Gasteiger partial charge in [0.05, 0.1) is 11.6 Å². The van der Waals surface area contributed by atoms with Crippen LogP contribution in [0.3, 0.4) is 0 Å². The molecule has 0 aliphatic rings. The molecule has 0 aliphatic heterocycles. The molecule has 0 spiro atoms. The van der Waals surface area contributed by atoms with Crippen molar-refractivity contribution in [3.8, 4) is 6.07 Å². The van der Waals surface area contributed by atoms with Crippen LogP contribution in [-0.4, -0.2) is 4.98 Å². The Morgan fingerprint density at radius 3 is 2.71 bits per heavy atom. The first kappa shape index (κ1) is 10.7. The third-order valence-corrected chi connectivity index (χ3v) is 1.88. The summed E-state index contributed by atoms with van der Waals surface area (Å²) >= 11 is 5.65. The van der Waals surface area contributed by atoms with Crippen LogP contribution < -0.4 is 0 Å². The predicted molar refractivity (Wildman–Crippen MR) is 57.7 cm³/mol. The molecule has 72 valence electrons. The maximum atomic E-state index is 8.92. The van der Waals surface area contributed by atoms with Crippen molar-refractivity contribution in [2.75, 3.05) is 0 Å². The molecule has 0 saturated heterocycles. The first-order valence-corrected chi connectivity index (χ1v) is 4.75. The van der Waals surface area contributed by atoms with Gasteiger partial charge in [0.25, 0.3) is 0 Å². The van der Waals surface area contributed by atoms with E-state index in [9.17, 15) is 0 Å². The highest BCUT2D eigenvalue weighted by Crippen LogP contribution is 2.16. The van der Waals surface area contributed by atoms with Gasteiger partial charge in [-0.05, 0) is 18.1 Å². The van der Waals surface area contributed by atoms with Crippen LogP contribution in [0.25, 0.3) is 5.57 Å². The van der Waals surface area contributed by atoms with Crippen LogP contribution in [0.1, 0.15) is 19.4 Å². The molecule has 1 rings (SSSR count). The Labute approximate surface area is 88.8 Å². The minimum Gasteiger partial charge on any atom is -0.244 e. The fourth-order valence-corrected chi connectivity index (χ4v) is 1.18. The van der Waals surface area contributed by atoms with Gasteiger partial charge in [-0.2, -0.15) is 5.26 Å². The third-order valence-electron chi connectivity index (χ3n) is 1.66.